The van der Waals surface area contributed by atoms with Gasteiger partial charge in [0.05, 0.1) is 12.2 Å². The van der Waals surface area contributed by atoms with E-state index in [4.69, 9.17) is 28.6 Å². The van der Waals surface area contributed by atoms with Crippen molar-refractivity contribution in [3.8, 4) is 0 Å². The molecular formula is C50H90Cl2N2O14. The molecule has 0 amide bonds. The van der Waals surface area contributed by atoms with Crippen molar-refractivity contribution in [1.29, 1.82) is 0 Å². The number of hydroxylamine groups is 6. The van der Waals surface area contributed by atoms with E-state index in [1.165, 1.54) is 13.8 Å². The molecule has 0 aromatic carbocycles. The monoisotopic (exact) mass is 1010 g/mol. The van der Waals surface area contributed by atoms with Crippen LogP contribution in [0.1, 0.15) is 182 Å². The van der Waals surface area contributed by atoms with Crippen LogP contribution in [0.4, 0.5) is 0 Å². The molecule has 0 aromatic rings. The van der Waals surface area contributed by atoms with Crippen molar-refractivity contribution in [2.75, 3.05) is 54.5 Å². The van der Waals surface area contributed by atoms with Gasteiger partial charge in [0, 0.05) is 26.7 Å². The van der Waals surface area contributed by atoms with Crippen LogP contribution in [0.3, 0.4) is 0 Å². The van der Waals surface area contributed by atoms with Gasteiger partial charge in [0.2, 0.25) is 13.1 Å². The molecule has 0 aliphatic rings. The molecule has 0 aliphatic carbocycles. The van der Waals surface area contributed by atoms with Gasteiger partial charge in [-0.2, -0.15) is 0 Å². The van der Waals surface area contributed by atoms with Crippen molar-refractivity contribution < 1.29 is 102 Å². The summed E-state index contributed by atoms with van der Waals surface area (Å²) in [5.74, 6) is -2.64. The van der Waals surface area contributed by atoms with Gasteiger partial charge in [0.25, 0.3) is 0 Å². The van der Waals surface area contributed by atoms with Gasteiger partial charge in [-0.05, 0) is 77.0 Å². The number of aliphatic hydroxyl groups excluding tert-OH is 2. The SMILES string of the molecule is CCCCCC(OC(=O)C[N+](C)(C)OC(C)=O)C(O)C/C=C\CCCCCCCC(=O)OCCOC(=O)CCCCCCC/C=C\CC(O)C(CCCCC)OC(=O)C[N+](C)(C)OC(C)=O.[Cl-].[Cl-]. The Hall–Kier alpha value is -3.28. The van der Waals surface area contributed by atoms with Crippen LogP contribution in [0, 0.1) is 0 Å². The van der Waals surface area contributed by atoms with Crippen LogP contribution in [-0.2, 0) is 57.4 Å². The summed E-state index contributed by atoms with van der Waals surface area (Å²) in [4.78, 5) is 82.3. The second kappa shape index (κ2) is 42.6. The molecular weight excluding hydrogens is 923 g/mol. The molecule has 0 radical (unpaired) electrons. The Labute approximate surface area is 421 Å². The van der Waals surface area contributed by atoms with E-state index in [0.29, 0.717) is 38.5 Å². The maximum atomic E-state index is 12.6. The highest BCUT2D eigenvalue weighted by Gasteiger charge is 2.31. The average Bonchev–Trinajstić information content (AvgIpc) is 3.21. The zero-order valence-corrected chi connectivity index (χ0v) is 44.4. The largest absolute Gasteiger partial charge is 1.00 e. The first-order chi connectivity index (χ1) is 31.3. The van der Waals surface area contributed by atoms with Gasteiger partial charge in [-0.15, -0.1) is 9.29 Å². The molecule has 0 saturated carbocycles. The number of ether oxygens (including phenoxy) is 4. The smallest absolute Gasteiger partial charge is 0.366 e. The number of likely N-dealkylation sites (N-methyl/N-ethyl adjacent to an activating group) is 2. The third kappa shape index (κ3) is 41.7. The number of unbranched alkanes of at least 4 members (excludes halogenated alkanes) is 14. The van der Waals surface area contributed by atoms with Gasteiger partial charge in [-0.1, -0.05) is 102 Å². The summed E-state index contributed by atoms with van der Waals surface area (Å²) in [5, 5.41) is 21.6. The van der Waals surface area contributed by atoms with E-state index in [9.17, 15) is 39.0 Å². The summed E-state index contributed by atoms with van der Waals surface area (Å²) >= 11 is 0. The lowest BCUT2D eigenvalue weighted by Gasteiger charge is -2.27. The number of allylic oxidation sites excluding steroid dienone is 2. The minimum Gasteiger partial charge on any atom is -1.00 e. The van der Waals surface area contributed by atoms with Crippen molar-refractivity contribution in [3.05, 3.63) is 24.3 Å². The van der Waals surface area contributed by atoms with Crippen molar-refractivity contribution in [1.82, 2.24) is 0 Å². The van der Waals surface area contributed by atoms with Crippen LogP contribution in [0.25, 0.3) is 0 Å². The van der Waals surface area contributed by atoms with Crippen molar-refractivity contribution in [2.45, 2.75) is 206 Å². The summed E-state index contributed by atoms with van der Waals surface area (Å²) in [5.41, 5.74) is 0. The van der Waals surface area contributed by atoms with Gasteiger partial charge in [0.1, 0.15) is 53.6 Å². The number of carbonyl (C=O) groups is 6. The maximum Gasteiger partial charge on any atom is 0.366 e. The highest BCUT2D eigenvalue weighted by atomic mass is 35.5. The number of hydrogen-bond acceptors (Lipinski definition) is 14. The molecule has 4 atom stereocenters. The van der Waals surface area contributed by atoms with Gasteiger partial charge in [-0.3, -0.25) is 19.3 Å². The van der Waals surface area contributed by atoms with Crippen molar-refractivity contribution in [3.63, 3.8) is 0 Å². The van der Waals surface area contributed by atoms with E-state index in [1.54, 1.807) is 28.2 Å². The summed E-state index contributed by atoms with van der Waals surface area (Å²) in [6.07, 6.45) is 24.1. The van der Waals surface area contributed by atoms with Crippen LogP contribution in [0.2, 0.25) is 0 Å². The van der Waals surface area contributed by atoms with E-state index >= 15 is 0 Å². The van der Waals surface area contributed by atoms with Crippen LogP contribution in [0.15, 0.2) is 24.3 Å². The van der Waals surface area contributed by atoms with E-state index in [0.717, 1.165) is 116 Å². The Morgan fingerprint density at radius 1 is 0.471 bits per heavy atom. The lowest BCUT2D eigenvalue weighted by molar-refractivity contribution is -1.05. The molecule has 18 heteroatoms. The number of carbonyl (C=O) groups excluding carboxylic acids is 6. The molecule has 0 aliphatic heterocycles. The van der Waals surface area contributed by atoms with Crippen molar-refractivity contribution >= 4 is 35.8 Å². The number of quaternary nitrogens is 2. The molecule has 0 heterocycles. The summed E-state index contributed by atoms with van der Waals surface area (Å²) in [7, 11) is 6.37. The van der Waals surface area contributed by atoms with Crippen LogP contribution in [0.5, 0.6) is 0 Å². The predicted octanol–water partition coefficient (Wildman–Crippen LogP) is 2.25. The standard InChI is InChI=1S/C50H90N2O14.2ClH/c1-9-11-25-33-45(63-49(59)39-51(5,6)65-41(3)53)43(55)31-27-21-17-13-15-19-23-29-35-47(57)61-37-38-62-48(58)36-30-24-20-16-14-18-22-28-32-44(56)46(34-26-12-10-2)64-50(60)40-52(7,8)66-42(4)54;;/h21-22,27-28,43-46,55-56H,9-20,23-26,29-40H2,1-8H3;2*1H/q+2;;/p-2/b27-21-,28-22-;;. The molecule has 0 fully saturated rings. The summed E-state index contributed by atoms with van der Waals surface area (Å²) in [6, 6.07) is 0. The third-order valence-corrected chi connectivity index (χ3v) is 10.6. The van der Waals surface area contributed by atoms with E-state index in [-0.39, 0.29) is 72.3 Å². The van der Waals surface area contributed by atoms with Crippen molar-refractivity contribution in [2.24, 2.45) is 0 Å². The van der Waals surface area contributed by atoms with Crippen LogP contribution in [-0.4, -0.2) is 134 Å². The molecule has 16 nitrogen and oxygen atoms in total. The Balaban J connectivity index is -0.0000211. The summed E-state index contributed by atoms with van der Waals surface area (Å²) in [6.45, 7) is 6.52. The highest BCUT2D eigenvalue weighted by Crippen LogP contribution is 2.18. The van der Waals surface area contributed by atoms with E-state index < -0.39 is 48.3 Å². The fraction of sp³-hybridized carbons (Fsp3) is 0.800. The highest BCUT2D eigenvalue weighted by molar-refractivity contribution is 5.72. The van der Waals surface area contributed by atoms with E-state index in [1.807, 2.05) is 24.3 Å². The Kier molecular flexibility index (Phi) is 43.2. The number of nitrogens with zero attached hydrogens (tertiary/aromatic N) is 2. The van der Waals surface area contributed by atoms with Gasteiger partial charge < -0.3 is 54.0 Å². The number of esters is 4. The fourth-order valence-corrected chi connectivity index (χ4v) is 7.23. The fourth-order valence-electron chi connectivity index (χ4n) is 7.23. The number of halogens is 2. The topological polar surface area (TPSA) is 198 Å². The average molecular weight is 1010 g/mol. The van der Waals surface area contributed by atoms with Crippen LogP contribution >= 0.6 is 0 Å². The molecule has 0 rings (SSSR count). The normalized spacial score (nSPS) is 13.4. The summed E-state index contributed by atoms with van der Waals surface area (Å²) < 4.78 is 21.1. The maximum absolute atomic E-state index is 12.6. The molecule has 0 aromatic heterocycles. The van der Waals surface area contributed by atoms with E-state index in [2.05, 4.69) is 13.8 Å². The first-order valence-corrected chi connectivity index (χ1v) is 24.7. The zero-order chi connectivity index (χ0) is 49.6. The molecule has 0 spiro atoms. The molecule has 4 unspecified atom stereocenters. The van der Waals surface area contributed by atoms with Gasteiger partial charge >= 0.3 is 35.8 Å². The second-order valence-corrected chi connectivity index (χ2v) is 18.3. The lowest BCUT2D eigenvalue weighted by atomic mass is 10.0. The van der Waals surface area contributed by atoms with Gasteiger partial charge in [-0.25, -0.2) is 19.2 Å². The minimum absolute atomic E-state index is 0. The Morgan fingerprint density at radius 3 is 1.15 bits per heavy atom. The first kappa shape index (κ1) is 69.0. The molecule has 398 valence electrons. The number of rotatable bonds is 41. The zero-order valence-electron chi connectivity index (χ0n) is 42.9. The number of aliphatic hydroxyl groups is 2. The first-order valence-electron chi connectivity index (χ1n) is 24.7. The Bertz CT molecular complexity index is 1320. The third-order valence-electron chi connectivity index (χ3n) is 10.6. The molecule has 0 bridgehead atoms. The van der Waals surface area contributed by atoms with Crippen LogP contribution < -0.4 is 24.8 Å². The Morgan fingerprint density at radius 2 is 0.809 bits per heavy atom. The van der Waals surface area contributed by atoms with Gasteiger partial charge in [0.15, 0.2) is 0 Å². The second-order valence-electron chi connectivity index (χ2n) is 18.3. The number of hydrogen-bond donors (Lipinski definition) is 2. The predicted molar refractivity (Wildman–Crippen MR) is 252 cm³/mol. The lowest BCUT2D eigenvalue weighted by Crippen LogP contribution is -3.00. The molecule has 0 saturated heterocycles. The quantitative estimate of drug-likeness (QED) is 0.0226. The minimum atomic E-state index is -0.827. The molecule has 2 N–H and O–H groups in total. The molecule has 68 heavy (non-hydrogen) atoms.